The highest BCUT2D eigenvalue weighted by Crippen LogP contribution is 2.29. The molecule has 5 rings (SSSR count). The molecule has 6 heteroatoms. The molecular weight excluding hydrogens is 379 g/mol. The van der Waals surface area contributed by atoms with E-state index < -0.39 is 0 Å². The normalized spacial score (nSPS) is 11.3. The van der Waals surface area contributed by atoms with Gasteiger partial charge < -0.3 is 0 Å². The Labute approximate surface area is 165 Å². The van der Waals surface area contributed by atoms with Gasteiger partial charge in [0.25, 0.3) is 0 Å². The Bertz CT molecular complexity index is 1290. The van der Waals surface area contributed by atoms with Gasteiger partial charge in [0, 0.05) is 15.6 Å². The van der Waals surface area contributed by atoms with Crippen LogP contribution < -0.4 is 0 Å². The first-order valence-corrected chi connectivity index (χ1v) is 9.12. The summed E-state index contributed by atoms with van der Waals surface area (Å²) in [6.07, 6.45) is 0. The van der Waals surface area contributed by atoms with Crippen molar-refractivity contribution in [3.63, 3.8) is 0 Å². The number of rotatable bonds is 2. The van der Waals surface area contributed by atoms with Crippen LogP contribution in [0.25, 0.3) is 39.4 Å². The third-order valence-corrected chi connectivity index (χ3v) is 4.83. The van der Waals surface area contributed by atoms with Crippen LogP contribution in [0.4, 0.5) is 0 Å². The molecule has 0 saturated carbocycles. The smallest absolute Gasteiger partial charge is 0.199 e. The lowest BCUT2D eigenvalue weighted by Crippen LogP contribution is -1.99. The highest BCUT2D eigenvalue weighted by molar-refractivity contribution is 6.31. The van der Waals surface area contributed by atoms with Gasteiger partial charge >= 0.3 is 0 Å². The third kappa shape index (κ3) is 2.83. The number of benzene rings is 3. The monoisotopic (exact) mass is 390 g/mol. The van der Waals surface area contributed by atoms with Gasteiger partial charge in [-0.1, -0.05) is 41.4 Å². The molecule has 0 aliphatic heterocycles. The molecule has 0 atom stereocenters. The molecule has 2 heterocycles. The molecule has 0 radical (unpaired) electrons. The Hall–Kier alpha value is -2.95. The zero-order chi connectivity index (χ0) is 18.4. The molecule has 0 N–H and O–H groups in total. The van der Waals surface area contributed by atoms with Crippen molar-refractivity contribution in [2.75, 3.05) is 0 Å². The number of fused-ring (bicyclic) bond motifs is 2. The number of aromatic nitrogens is 4. The SMILES string of the molecule is Clc1ccc(-c2nc3nc4ccccc4nc3n2-c2cccc(Cl)c2)cc1. The molecular formula is C21H12Cl2N4. The van der Waals surface area contributed by atoms with Crippen LogP contribution in [-0.2, 0) is 0 Å². The van der Waals surface area contributed by atoms with Crippen LogP contribution in [0.1, 0.15) is 0 Å². The highest BCUT2D eigenvalue weighted by atomic mass is 35.5. The second-order valence-electron chi connectivity index (χ2n) is 6.12. The van der Waals surface area contributed by atoms with Gasteiger partial charge in [-0.2, -0.15) is 0 Å². The van der Waals surface area contributed by atoms with E-state index in [2.05, 4.69) is 0 Å². The maximum absolute atomic E-state index is 6.24. The molecule has 27 heavy (non-hydrogen) atoms. The van der Waals surface area contributed by atoms with E-state index in [0.29, 0.717) is 21.3 Å². The first-order chi connectivity index (χ1) is 13.2. The Morgan fingerprint density at radius 3 is 2.15 bits per heavy atom. The molecule has 2 aromatic heterocycles. The van der Waals surface area contributed by atoms with Crippen molar-refractivity contribution in [3.05, 3.63) is 82.8 Å². The van der Waals surface area contributed by atoms with E-state index in [9.17, 15) is 0 Å². The first kappa shape index (κ1) is 16.2. The van der Waals surface area contributed by atoms with Gasteiger partial charge in [0.2, 0.25) is 0 Å². The van der Waals surface area contributed by atoms with Crippen molar-refractivity contribution < 1.29 is 0 Å². The predicted molar refractivity (Wildman–Crippen MR) is 110 cm³/mol. The van der Waals surface area contributed by atoms with Crippen molar-refractivity contribution >= 4 is 45.5 Å². The topological polar surface area (TPSA) is 43.6 Å². The van der Waals surface area contributed by atoms with Crippen LogP contribution in [0.15, 0.2) is 72.8 Å². The average molecular weight is 391 g/mol. The Balaban J connectivity index is 1.88. The van der Waals surface area contributed by atoms with Crippen LogP contribution in [0.2, 0.25) is 10.0 Å². The minimum atomic E-state index is 0.582. The number of para-hydroxylation sites is 2. The van der Waals surface area contributed by atoms with E-state index >= 15 is 0 Å². The van der Waals surface area contributed by atoms with Gasteiger partial charge in [-0.15, -0.1) is 0 Å². The van der Waals surface area contributed by atoms with E-state index in [-0.39, 0.29) is 0 Å². The van der Waals surface area contributed by atoms with Crippen molar-refractivity contribution in [2.24, 2.45) is 0 Å². The predicted octanol–water partition coefficient (Wildman–Crippen LogP) is 5.94. The van der Waals surface area contributed by atoms with E-state index in [1.807, 2.05) is 77.4 Å². The van der Waals surface area contributed by atoms with Gasteiger partial charge in [0.15, 0.2) is 11.3 Å². The quantitative estimate of drug-likeness (QED) is 0.374. The molecule has 0 spiro atoms. The van der Waals surface area contributed by atoms with Crippen LogP contribution in [0.5, 0.6) is 0 Å². The summed E-state index contributed by atoms with van der Waals surface area (Å²) in [6, 6.07) is 22.9. The molecule has 4 nitrogen and oxygen atoms in total. The van der Waals surface area contributed by atoms with Gasteiger partial charge in [-0.05, 0) is 54.6 Å². The molecule has 0 fully saturated rings. The molecule has 3 aromatic carbocycles. The van der Waals surface area contributed by atoms with E-state index in [0.717, 1.165) is 28.1 Å². The maximum atomic E-state index is 6.24. The molecule has 0 aliphatic carbocycles. The maximum Gasteiger partial charge on any atom is 0.199 e. The molecule has 0 bridgehead atoms. The van der Waals surface area contributed by atoms with Crippen LogP contribution >= 0.6 is 23.2 Å². The summed E-state index contributed by atoms with van der Waals surface area (Å²) in [5.74, 6) is 0.735. The Morgan fingerprint density at radius 2 is 1.41 bits per heavy atom. The molecule has 5 aromatic rings. The van der Waals surface area contributed by atoms with Crippen molar-refractivity contribution in [1.82, 2.24) is 19.5 Å². The van der Waals surface area contributed by atoms with Crippen LogP contribution in [0.3, 0.4) is 0 Å². The molecule has 130 valence electrons. The number of halogens is 2. The second kappa shape index (κ2) is 6.34. The Kier molecular flexibility index (Phi) is 3.81. The van der Waals surface area contributed by atoms with Crippen LogP contribution in [0, 0.1) is 0 Å². The molecule has 0 saturated heterocycles. The number of hydrogen-bond donors (Lipinski definition) is 0. The van der Waals surface area contributed by atoms with Crippen molar-refractivity contribution in [2.45, 2.75) is 0 Å². The summed E-state index contributed by atoms with van der Waals surface area (Å²) in [4.78, 5) is 14.3. The standard InChI is InChI=1S/C21H12Cl2N4/c22-14-10-8-13(9-11-14)20-26-19-21(25-18-7-2-1-6-17(18)24-19)27(20)16-5-3-4-15(23)12-16/h1-12H. The number of nitrogens with zero attached hydrogens (tertiary/aromatic N) is 4. The van der Waals surface area contributed by atoms with Gasteiger partial charge in [0.05, 0.1) is 16.7 Å². The van der Waals surface area contributed by atoms with Gasteiger partial charge in [0.1, 0.15) is 5.82 Å². The summed E-state index contributed by atoms with van der Waals surface area (Å²) >= 11 is 12.3. The number of imidazole rings is 1. The van der Waals surface area contributed by atoms with Gasteiger partial charge in [-0.25, -0.2) is 15.0 Å². The number of hydrogen-bond acceptors (Lipinski definition) is 3. The van der Waals surface area contributed by atoms with E-state index in [1.54, 1.807) is 0 Å². The summed E-state index contributed by atoms with van der Waals surface area (Å²) in [6.45, 7) is 0. The van der Waals surface area contributed by atoms with Crippen molar-refractivity contribution in [3.8, 4) is 17.1 Å². The summed E-state index contributed by atoms with van der Waals surface area (Å²) in [7, 11) is 0. The van der Waals surface area contributed by atoms with Crippen molar-refractivity contribution in [1.29, 1.82) is 0 Å². The van der Waals surface area contributed by atoms with Crippen LogP contribution in [-0.4, -0.2) is 19.5 Å². The summed E-state index contributed by atoms with van der Waals surface area (Å²) in [5, 5.41) is 1.32. The van der Waals surface area contributed by atoms with E-state index in [4.69, 9.17) is 38.2 Å². The Morgan fingerprint density at radius 1 is 0.667 bits per heavy atom. The van der Waals surface area contributed by atoms with Gasteiger partial charge in [-0.3, -0.25) is 4.57 Å². The fourth-order valence-corrected chi connectivity index (χ4v) is 3.42. The first-order valence-electron chi connectivity index (χ1n) is 8.36. The second-order valence-corrected chi connectivity index (χ2v) is 6.99. The molecule has 0 unspecified atom stereocenters. The molecule has 0 amide bonds. The zero-order valence-electron chi connectivity index (χ0n) is 14.0. The van der Waals surface area contributed by atoms with E-state index in [1.165, 1.54) is 0 Å². The fraction of sp³-hybridized carbons (Fsp3) is 0. The molecule has 0 aliphatic rings. The average Bonchev–Trinajstić information content (AvgIpc) is 3.05. The minimum absolute atomic E-state index is 0.582. The lowest BCUT2D eigenvalue weighted by atomic mass is 10.2. The minimum Gasteiger partial charge on any atom is -0.275 e. The fourth-order valence-electron chi connectivity index (χ4n) is 3.11. The largest absolute Gasteiger partial charge is 0.275 e. The summed E-state index contributed by atoms with van der Waals surface area (Å²) in [5.41, 5.74) is 4.68. The lowest BCUT2D eigenvalue weighted by molar-refractivity contribution is 1.08. The third-order valence-electron chi connectivity index (χ3n) is 4.34. The lowest BCUT2D eigenvalue weighted by Gasteiger charge is -2.09. The highest BCUT2D eigenvalue weighted by Gasteiger charge is 2.17. The zero-order valence-corrected chi connectivity index (χ0v) is 15.5. The summed E-state index contributed by atoms with van der Waals surface area (Å²) < 4.78 is 1.98.